The first kappa shape index (κ1) is 21.0. The van der Waals surface area contributed by atoms with Crippen molar-refractivity contribution in [1.82, 2.24) is 0 Å². The van der Waals surface area contributed by atoms with E-state index in [2.05, 4.69) is 0 Å². The van der Waals surface area contributed by atoms with Gasteiger partial charge in [-0.25, -0.2) is 9.59 Å². The van der Waals surface area contributed by atoms with Gasteiger partial charge in [0.25, 0.3) is 0 Å². The maximum Gasteiger partial charge on any atom is 0.338 e. The highest BCUT2D eigenvalue weighted by Crippen LogP contribution is 2.61. The fourth-order valence-electron chi connectivity index (χ4n) is 6.85. The third kappa shape index (κ3) is 3.89. The fraction of sp³-hybridized carbons (Fsp3) is 0.481. The lowest BCUT2D eigenvalue weighted by atomic mass is 9.48. The first-order valence-corrected chi connectivity index (χ1v) is 11.6. The Labute approximate surface area is 188 Å². The van der Waals surface area contributed by atoms with Gasteiger partial charge in [0.15, 0.2) is 0 Å². The Kier molecular flexibility index (Phi) is 5.44. The van der Waals surface area contributed by atoms with Crippen LogP contribution in [0.25, 0.3) is 0 Å². The molecule has 168 valence electrons. The Morgan fingerprint density at radius 1 is 0.938 bits per heavy atom. The average molecular weight is 435 g/mol. The van der Waals surface area contributed by atoms with Crippen LogP contribution in [0, 0.1) is 17.8 Å². The third-order valence-corrected chi connectivity index (χ3v) is 7.87. The highest BCUT2D eigenvalue weighted by atomic mass is 16.5. The summed E-state index contributed by atoms with van der Waals surface area (Å²) in [5.74, 6) is 2.07. The van der Waals surface area contributed by atoms with Gasteiger partial charge in [0.2, 0.25) is 0 Å². The number of hydrogen-bond donors (Lipinski definition) is 1. The summed E-state index contributed by atoms with van der Waals surface area (Å²) in [6.07, 6.45) is 8.29. The van der Waals surface area contributed by atoms with Crippen molar-refractivity contribution in [1.29, 1.82) is 0 Å². The van der Waals surface area contributed by atoms with E-state index in [9.17, 15) is 9.59 Å². The molecule has 2 aromatic rings. The number of carboxylic acid groups (broad SMARTS) is 1. The van der Waals surface area contributed by atoms with E-state index >= 15 is 0 Å². The van der Waals surface area contributed by atoms with Crippen LogP contribution in [0.4, 0.5) is 0 Å². The second-order valence-electron chi connectivity index (χ2n) is 10.0. The zero-order valence-electron chi connectivity index (χ0n) is 18.5. The second-order valence-corrected chi connectivity index (χ2v) is 10.0. The summed E-state index contributed by atoms with van der Waals surface area (Å²) < 4.78 is 11.3. The van der Waals surface area contributed by atoms with E-state index in [4.69, 9.17) is 14.6 Å². The maximum absolute atomic E-state index is 12.8. The molecule has 4 aliphatic carbocycles. The van der Waals surface area contributed by atoms with Gasteiger partial charge in [0.1, 0.15) is 5.75 Å². The molecule has 5 heteroatoms. The van der Waals surface area contributed by atoms with Crippen LogP contribution in [0.15, 0.2) is 42.5 Å². The minimum atomic E-state index is -0.947. The smallest absolute Gasteiger partial charge is 0.338 e. The Hall–Kier alpha value is -2.82. The summed E-state index contributed by atoms with van der Waals surface area (Å²) in [5.41, 5.74) is 3.10. The average Bonchev–Trinajstić information content (AvgIpc) is 2.78. The number of carbonyl (C=O) groups excluding carboxylic acids is 1. The largest absolute Gasteiger partial charge is 0.496 e. The SMILES string of the molecule is COc1ccc(C(=O)OCCc2ccc(C(=O)O)cc2)cc1C12CC3CC(CC(C3)C1)C2. The van der Waals surface area contributed by atoms with E-state index < -0.39 is 5.97 Å². The molecule has 4 fully saturated rings. The lowest BCUT2D eigenvalue weighted by Crippen LogP contribution is -2.48. The summed E-state index contributed by atoms with van der Waals surface area (Å²) in [5, 5.41) is 9.00. The Bertz CT molecular complexity index is 988. The van der Waals surface area contributed by atoms with E-state index in [-0.39, 0.29) is 23.6 Å². The van der Waals surface area contributed by atoms with Crippen LogP contribution in [-0.4, -0.2) is 30.8 Å². The van der Waals surface area contributed by atoms with E-state index in [1.165, 1.54) is 44.1 Å². The highest BCUT2D eigenvalue weighted by Gasteiger charge is 2.52. The first-order chi connectivity index (χ1) is 15.5. The standard InChI is InChI=1S/C27H30O5/c1-31-24-7-6-22(26(30)32-9-8-17-2-4-21(5-3-17)25(28)29)13-23(24)27-14-18-10-19(15-27)12-20(11-18)16-27/h2-7,13,18-20H,8-12,14-16H2,1H3,(H,28,29). The number of esters is 1. The van der Waals surface area contributed by atoms with Gasteiger partial charge in [-0.3, -0.25) is 0 Å². The van der Waals surface area contributed by atoms with Crippen molar-refractivity contribution in [3.63, 3.8) is 0 Å². The predicted molar refractivity (Wildman–Crippen MR) is 120 cm³/mol. The van der Waals surface area contributed by atoms with Crippen molar-refractivity contribution in [2.24, 2.45) is 17.8 Å². The summed E-state index contributed by atoms with van der Waals surface area (Å²) in [6, 6.07) is 12.4. The molecule has 1 N–H and O–H groups in total. The van der Waals surface area contributed by atoms with Crippen molar-refractivity contribution >= 4 is 11.9 Å². The zero-order chi connectivity index (χ0) is 22.3. The number of carboxylic acids is 1. The Morgan fingerprint density at radius 3 is 2.09 bits per heavy atom. The monoisotopic (exact) mass is 434 g/mol. The van der Waals surface area contributed by atoms with Crippen molar-refractivity contribution in [2.45, 2.75) is 50.4 Å². The van der Waals surface area contributed by atoms with E-state index in [1.54, 1.807) is 37.4 Å². The summed E-state index contributed by atoms with van der Waals surface area (Å²) in [4.78, 5) is 23.8. The van der Waals surface area contributed by atoms with Crippen LogP contribution in [-0.2, 0) is 16.6 Å². The van der Waals surface area contributed by atoms with Gasteiger partial charge in [-0.05, 0) is 97.6 Å². The molecule has 0 unspecified atom stereocenters. The zero-order valence-corrected chi connectivity index (χ0v) is 18.5. The topological polar surface area (TPSA) is 72.8 Å². The molecule has 32 heavy (non-hydrogen) atoms. The number of aromatic carboxylic acids is 1. The van der Waals surface area contributed by atoms with Gasteiger partial charge in [-0.2, -0.15) is 0 Å². The molecule has 0 atom stereocenters. The molecular formula is C27H30O5. The number of carbonyl (C=O) groups is 2. The second kappa shape index (κ2) is 8.27. The van der Waals surface area contributed by atoms with Gasteiger partial charge < -0.3 is 14.6 Å². The first-order valence-electron chi connectivity index (χ1n) is 11.6. The molecule has 0 spiro atoms. The minimum absolute atomic E-state index is 0.141. The van der Waals surface area contributed by atoms with E-state index in [1.807, 2.05) is 12.1 Å². The molecule has 4 aliphatic rings. The number of ether oxygens (including phenoxy) is 2. The molecule has 4 bridgehead atoms. The molecule has 2 aromatic carbocycles. The summed E-state index contributed by atoms with van der Waals surface area (Å²) in [7, 11) is 1.72. The summed E-state index contributed by atoms with van der Waals surface area (Å²) in [6.45, 7) is 0.254. The molecule has 6 rings (SSSR count). The van der Waals surface area contributed by atoms with E-state index in [0.717, 1.165) is 29.1 Å². The molecule has 0 saturated heterocycles. The van der Waals surface area contributed by atoms with Crippen LogP contribution >= 0.6 is 0 Å². The molecule has 0 heterocycles. The van der Waals surface area contributed by atoms with Crippen LogP contribution in [0.2, 0.25) is 0 Å². The van der Waals surface area contributed by atoms with Gasteiger partial charge in [-0.1, -0.05) is 12.1 Å². The highest BCUT2D eigenvalue weighted by molar-refractivity contribution is 5.90. The third-order valence-electron chi connectivity index (χ3n) is 7.87. The van der Waals surface area contributed by atoms with Crippen LogP contribution in [0.3, 0.4) is 0 Å². The quantitative estimate of drug-likeness (QED) is 0.602. The lowest BCUT2D eigenvalue weighted by molar-refractivity contribution is -0.00620. The Balaban J connectivity index is 1.29. The molecule has 4 saturated carbocycles. The van der Waals surface area contributed by atoms with Crippen molar-refractivity contribution in [2.75, 3.05) is 13.7 Å². The number of methoxy groups -OCH3 is 1. The lowest BCUT2D eigenvalue weighted by Gasteiger charge is -2.57. The number of rotatable bonds is 7. The van der Waals surface area contributed by atoms with Gasteiger partial charge in [-0.15, -0.1) is 0 Å². The normalized spacial score (nSPS) is 27.8. The van der Waals surface area contributed by atoms with Crippen LogP contribution < -0.4 is 4.74 Å². The molecular weight excluding hydrogens is 404 g/mol. The van der Waals surface area contributed by atoms with Crippen molar-refractivity contribution in [3.8, 4) is 5.75 Å². The van der Waals surface area contributed by atoms with Gasteiger partial charge >= 0.3 is 11.9 Å². The Morgan fingerprint density at radius 2 is 1.53 bits per heavy atom. The van der Waals surface area contributed by atoms with Crippen LogP contribution in [0.5, 0.6) is 5.75 Å². The fourth-order valence-corrected chi connectivity index (χ4v) is 6.85. The van der Waals surface area contributed by atoms with Gasteiger partial charge in [0.05, 0.1) is 24.8 Å². The number of benzene rings is 2. The molecule has 5 nitrogen and oxygen atoms in total. The number of hydrogen-bond acceptors (Lipinski definition) is 4. The molecule has 0 aliphatic heterocycles. The van der Waals surface area contributed by atoms with E-state index in [0.29, 0.717) is 12.0 Å². The molecule has 0 aromatic heterocycles. The molecule has 0 amide bonds. The van der Waals surface area contributed by atoms with Crippen molar-refractivity contribution < 1.29 is 24.2 Å². The van der Waals surface area contributed by atoms with Crippen molar-refractivity contribution in [3.05, 3.63) is 64.7 Å². The summed E-state index contributed by atoms with van der Waals surface area (Å²) >= 11 is 0. The minimum Gasteiger partial charge on any atom is -0.496 e. The van der Waals surface area contributed by atoms with Crippen LogP contribution in [0.1, 0.15) is 70.4 Å². The molecule has 0 radical (unpaired) electrons. The predicted octanol–water partition coefficient (Wildman–Crippen LogP) is 5.26. The maximum atomic E-state index is 12.8. The van der Waals surface area contributed by atoms with Gasteiger partial charge in [0, 0.05) is 12.0 Å².